The van der Waals surface area contributed by atoms with Crippen LogP contribution in [0.5, 0.6) is 5.75 Å². The summed E-state index contributed by atoms with van der Waals surface area (Å²) in [5, 5.41) is 1.34. The maximum absolute atomic E-state index is 13.6. The SMILES string of the molecule is COc1ccc2c(c1)c(C(C)C(=O)OCC=C(C)CCC=C(C)CCC=C(C)C)c(C)n2C(=O)c1ccc(Cl)cc1. The lowest BCUT2D eigenvalue weighted by Crippen LogP contribution is -2.17. The number of aromatic nitrogens is 1. The number of esters is 1. The summed E-state index contributed by atoms with van der Waals surface area (Å²) in [7, 11) is 1.59. The summed E-state index contributed by atoms with van der Waals surface area (Å²) in [5.41, 5.74) is 6.59. The summed E-state index contributed by atoms with van der Waals surface area (Å²) in [6.07, 6.45) is 10.6. The van der Waals surface area contributed by atoms with E-state index in [9.17, 15) is 9.59 Å². The molecule has 0 radical (unpaired) electrons. The van der Waals surface area contributed by atoms with Gasteiger partial charge < -0.3 is 9.47 Å². The van der Waals surface area contributed by atoms with Crippen LogP contribution < -0.4 is 4.74 Å². The number of halogens is 1. The van der Waals surface area contributed by atoms with Crippen LogP contribution in [0.1, 0.15) is 87.8 Å². The van der Waals surface area contributed by atoms with Gasteiger partial charge in [-0.1, -0.05) is 40.5 Å². The van der Waals surface area contributed by atoms with Crippen LogP contribution in [-0.4, -0.2) is 30.2 Å². The standard InChI is InChI=1S/C35H42ClNO4/c1-23(2)10-8-11-24(3)12-9-13-25(4)20-21-41-35(39)26(5)33-27(6)37(32-19-18-30(40-7)22-31(32)33)34(38)28-14-16-29(36)17-15-28/h10,12,14-20,22,26H,8-9,11,13,21H2,1-7H3. The molecular weight excluding hydrogens is 534 g/mol. The number of fused-ring (bicyclic) bond motifs is 1. The largest absolute Gasteiger partial charge is 0.497 e. The summed E-state index contributed by atoms with van der Waals surface area (Å²) >= 11 is 6.03. The average molecular weight is 576 g/mol. The molecule has 0 aliphatic carbocycles. The van der Waals surface area contributed by atoms with E-state index in [1.807, 2.05) is 38.1 Å². The Bertz CT molecular complexity index is 1470. The van der Waals surface area contributed by atoms with E-state index >= 15 is 0 Å². The molecular formula is C35H42ClNO4. The lowest BCUT2D eigenvalue weighted by molar-refractivity contribution is -0.143. The Morgan fingerprint density at radius 1 is 0.927 bits per heavy atom. The second kappa shape index (κ2) is 14.9. The van der Waals surface area contributed by atoms with Crippen LogP contribution in [0.2, 0.25) is 5.02 Å². The Kier molecular flexibility index (Phi) is 11.6. The van der Waals surface area contributed by atoms with E-state index < -0.39 is 5.92 Å². The zero-order valence-corrected chi connectivity index (χ0v) is 26.1. The molecule has 0 amide bonds. The molecule has 6 heteroatoms. The molecule has 0 saturated heterocycles. The quantitative estimate of drug-likeness (QED) is 0.159. The lowest BCUT2D eigenvalue weighted by Gasteiger charge is -2.13. The number of hydrogen-bond donors (Lipinski definition) is 0. The van der Waals surface area contributed by atoms with Crippen molar-refractivity contribution in [2.75, 3.05) is 13.7 Å². The molecule has 218 valence electrons. The second-order valence-electron chi connectivity index (χ2n) is 10.8. The Hall–Kier alpha value is -3.57. The van der Waals surface area contributed by atoms with E-state index in [0.29, 0.717) is 27.5 Å². The molecule has 1 unspecified atom stereocenters. The molecule has 0 aliphatic rings. The average Bonchev–Trinajstić information content (AvgIpc) is 3.22. The Morgan fingerprint density at radius 3 is 2.20 bits per heavy atom. The van der Waals surface area contributed by atoms with Crippen molar-refractivity contribution in [3.8, 4) is 5.75 Å². The first kappa shape index (κ1) is 32.0. The topological polar surface area (TPSA) is 57.5 Å². The number of rotatable bonds is 12. The number of hydrogen-bond acceptors (Lipinski definition) is 4. The first-order chi connectivity index (χ1) is 19.5. The van der Waals surface area contributed by atoms with E-state index in [4.69, 9.17) is 21.1 Å². The molecule has 1 aromatic heterocycles. The van der Waals surface area contributed by atoms with Crippen LogP contribution >= 0.6 is 11.6 Å². The minimum atomic E-state index is -0.580. The van der Waals surface area contributed by atoms with Crippen LogP contribution in [-0.2, 0) is 9.53 Å². The number of carbonyl (C=O) groups is 2. The Balaban J connectivity index is 1.74. The highest BCUT2D eigenvalue weighted by molar-refractivity contribution is 6.30. The van der Waals surface area contributed by atoms with Crippen molar-refractivity contribution in [3.05, 3.63) is 99.3 Å². The van der Waals surface area contributed by atoms with Gasteiger partial charge in [0, 0.05) is 21.7 Å². The summed E-state index contributed by atoms with van der Waals surface area (Å²) in [6, 6.07) is 12.3. The van der Waals surface area contributed by atoms with E-state index in [0.717, 1.165) is 36.6 Å². The van der Waals surface area contributed by atoms with Crippen molar-refractivity contribution in [1.29, 1.82) is 0 Å². The highest BCUT2D eigenvalue weighted by atomic mass is 35.5. The summed E-state index contributed by atoms with van der Waals surface area (Å²) in [5.74, 6) is -0.465. The molecule has 0 aliphatic heterocycles. The number of carbonyl (C=O) groups excluding carboxylic acids is 2. The summed E-state index contributed by atoms with van der Waals surface area (Å²) in [4.78, 5) is 26.8. The Labute approximate surface area is 249 Å². The van der Waals surface area contributed by atoms with Crippen LogP contribution in [0.25, 0.3) is 10.9 Å². The number of allylic oxidation sites excluding steroid dienone is 5. The molecule has 3 rings (SSSR count). The van der Waals surface area contributed by atoms with Gasteiger partial charge in [0.25, 0.3) is 5.91 Å². The fourth-order valence-electron chi connectivity index (χ4n) is 4.93. The van der Waals surface area contributed by atoms with Crippen LogP contribution in [0.3, 0.4) is 0 Å². The van der Waals surface area contributed by atoms with Gasteiger partial charge in [0.05, 0.1) is 18.5 Å². The minimum absolute atomic E-state index is 0.194. The van der Waals surface area contributed by atoms with Gasteiger partial charge in [-0.25, -0.2) is 0 Å². The molecule has 0 N–H and O–H groups in total. The van der Waals surface area contributed by atoms with Crippen LogP contribution in [0.4, 0.5) is 0 Å². The number of methoxy groups -OCH3 is 1. The van der Waals surface area contributed by atoms with Gasteiger partial charge in [-0.15, -0.1) is 0 Å². The van der Waals surface area contributed by atoms with Crippen molar-refractivity contribution < 1.29 is 19.1 Å². The first-order valence-corrected chi connectivity index (χ1v) is 14.5. The van der Waals surface area contributed by atoms with Crippen molar-refractivity contribution >= 4 is 34.4 Å². The van der Waals surface area contributed by atoms with E-state index in [1.165, 1.54) is 16.7 Å². The molecule has 5 nitrogen and oxygen atoms in total. The third kappa shape index (κ3) is 8.46. The zero-order chi connectivity index (χ0) is 30.1. The van der Waals surface area contributed by atoms with E-state index in [-0.39, 0.29) is 18.5 Å². The molecule has 3 aromatic rings. The summed E-state index contributed by atoms with van der Waals surface area (Å²) < 4.78 is 12.8. The molecule has 41 heavy (non-hydrogen) atoms. The first-order valence-electron chi connectivity index (χ1n) is 14.1. The van der Waals surface area contributed by atoms with Gasteiger partial charge in [-0.05, 0) is 121 Å². The molecule has 1 atom stereocenters. The van der Waals surface area contributed by atoms with Crippen LogP contribution in [0.15, 0.2) is 77.4 Å². The second-order valence-corrected chi connectivity index (χ2v) is 11.3. The monoisotopic (exact) mass is 575 g/mol. The fraction of sp³-hybridized carbons (Fsp3) is 0.371. The third-order valence-electron chi connectivity index (χ3n) is 7.32. The molecule has 2 aromatic carbocycles. The normalized spacial score (nSPS) is 12.8. The highest BCUT2D eigenvalue weighted by Gasteiger charge is 2.27. The highest BCUT2D eigenvalue weighted by Crippen LogP contribution is 2.35. The van der Waals surface area contributed by atoms with E-state index in [2.05, 4.69) is 39.8 Å². The summed E-state index contributed by atoms with van der Waals surface area (Å²) in [6.45, 7) is 12.4. The minimum Gasteiger partial charge on any atom is -0.497 e. The molecule has 0 fully saturated rings. The predicted molar refractivity (Wildman–Crippen MR) is 169 cm³/mol. The maximum atomic E-state index is 13.6. The van der Waals surface area contributed by atoms with Gasteiger partial charge in [0.15, 0.2) is 0 Å². The van der Waals surface area contributed by atoms with Crippen LogP contribution in [0, 0.1) is 6.92 Å². The molecule has 0 bridgehead atoms. The zero-order valence-electron chi connectivity index (χ0n) is 25.3. The number of nitrogens with zero attached hydrogens (tertiary/aromatic N) is 1. The van der Waals surface area contributed by atoms with E-state index in [1.54, 1.807) is 35.9 Å². The fourth-order valence-corrected chi connectivity index (χ4v) is 5.05. The molecule has 1 heterocycles. The maximum Gasteiger partial charge on any atom is 0.313 e. The van der Waals surface area contributed by atoms with Gasteiger partial charge in [0.1, 0.15) is 12.4 Å². The van der Waals surface area contributed by atoms with Gasteiger partial charge in [0.2, 0.25) is 0 Å². The lowest BCUT2D eigenvalue weighted by atomic mass is 9.98. The Morgan fingerprint density at radius 2 is 1.56 bits per heavy atom. The van der Waals surface area contributed by atoms with Crippen molar-refractivity contribution in [3.63, 3.8) is 0 Å². The third-order valence-corrected chi connectivity index (χ3v) is 7.57. The number of ether oxygens (including phenoxy) is 2. The van der Waals surface area contributed by atoms with Crippen molar-refractivity contribution in [2.24, 2.45) is 0 Å². The van der Waals surface area contributed by atoms with Gasteiger partial charge in [-0.2, -0.15) is 0 Å². The van der Waals surface area contributed by atoms with Crippen molar-refractivity contribution in [2.45, 2.75) is 73.1 Å². The smallest absolute Gasteiger partial charge is 0.313 e. The molecule has 0 spiro atoms. The molecule has 0 saturated carbocycles. The number of benzene rings is 2. The van der Waals surface area contributed by atoms with Gasteiger partial charge >= 0.3 is 5.97 Å². The van der Waals surface area contributed by atoms with Gasteiger partial charge in [-0.3, -0.25) is 14.2 Å². The predicted octanol–water partition coefficient (Wildman–Crippen LogP) is 9.37. The van der Waals surface area contributed by atoms with Crippen molar-refractivity contribution in [1.82, 2.24) is 4.57 Å².